The molecule has 0 aromatic rings. The first-order valence-electron chi connectivity index (χ1n) is 9.02. The maximum atomic E-state index is 5.75. The monoisotopic (exact) mass is 288 g/mol. The van der Waals surface area contributed by atoms with Crippen molar-refractivity contribution < 1.29 is 4.74 Å². The number of hydrogen-bond donors (Lipinski definition) is 0. The molecule has 7 aliphatic rings. The van der Waals surface area contributed by atoms with E-state index in [4.69, 9.17) is 4.74 Å². The van der Waals surface area contributed by atoms with Crippen molar-refractivity contribution in [2.45, 2.75) is 78.9 Å². The summed E-state index contributed by atoms with van der Waals surface area (Å²) in [6, 6.07) is 0. The van der Waals surface area contributed by atoms with Crippen LogP contribution >= 0.6 is 0 Å². The van der Waals surface area contributed by atoms with Gasteiger partial charge in [-0.3, -0.25) is 0 Å². The lowest BCUT2D eigenvalue weighted by atomic mass is 9.46. The second-order valence-corrected chi connectivity index (χ2v) is 9.82. The van der Waals surface area contributed by atoms with E-state index in [1.54, 1.807) is 5.57 Å². The van der Waals surface area contributed by atoms with Crippen molar-refractivity contribution in [3.8, 4) is 0 Å². The molecule has 0 spiro atoms. The topological polar surface area (TPSA) is 12.5 Å². The van der Waals surface area contributed by atoms with Gasteiger partial charge in [0.1, 0.15) is 0 Å². The molecular formula is C20H32O. The van der Waals surface area contributed by atoms with E-state index in [1.807, 2.05) is 0 Å². The number of epoxide rings is 1. The van der Waals surface area contributed by atoms with Gasteiger partial charge in [0.25, 0.3) is 0 Å². The third-order valence-corrected chi connectivity index (χ3v) is 8.38. The summed E-state index contributed by atoms with van der Waals surface area (Å²) in [5, 5.41) is 0. The number of allylic oxidation sites excluding steroid dienone is 2. The minimum Gasteiger partial charge on any atom is -0.366 e. The minimum absolute atomic E-state index is 0.304. The fourth-order valence-electron chi connectivity index (χ4n) is 6.17. The van der Waals surface area contributed by atoms with Gasteiger partial charge in [0, 0.05) is 0 Å². The molecule has 0 aromatic heterocycles. The van der Waals surface area contributed by atoms with Gasteiger partial charge >= 0.3 is 0 Å². The minimum atomic E-state index is 0.304. The van der Waals surface area contributed by atoms with Gasteiger partial charge in [-0.15, -0.1) is 0 Å². The van der Waals surface area contributed by atoms with E-state index in [2.05, 4.69) is 47.6 Å². The smallest absolute Gasteiger partial charge is 0.0953 e. The van der Waals surface area contributed by atoms with Gasteiger partial charge in [0.2, 0.25) is 0 Å². The Morgan fingerprint density at radius 2 is 1.67 bits per heavy atom. The molecule has 6 aliphatic carbocycles. The molecule has 1 saturated heterocycles. The van der Waals surface area contributed by atoms with Crippen LogP contribution in [0.5, 0.6) is 0 Å². The van der Waals surface area contributed by atoms with Crippen LogP contribution in [0.1, 0.15) is 67.2 Å². The van der Waals surface area contributed by atoms with E-state index in [0.29, 0.717) is 22.5 Å². The fraction of sp³-hybridized carbons (Fsp3) is 0.900. The van der Waals surface area contributed by atoms with Gasteiger partial charge in [0.15, 0.2) is 0 Å². The zero-order valence-electron chi connectivity index (χ0n) is 14.7. The second-order valence-electron chi connectivity index (χ2n) is 9.82. The van der Waals surface area contributed by atoms with E-state index < -0.39 is 0 Å². The van der Waals surface area contributed by atoms with Crippen molar-refractivity contribution in [2.75, 3.05) is 0 Å². The number of ether oxygens (including phenoxy) is 1. The normalized spacial score (nSPS) is 53.0. The molecule has 118 valence electrons. The first-order chi connectivity index (χ1) is 9.67. The Morgan fingerprint density at radius 3 is 2.05 bits per heavy atom. The van der Waals surface area contributed by atoms with Crippen molar-refractivity contribution in [1.29, 1.82) is 0 Å². The van der Waals surface area contributed by atoms with E-state index in [1.165, 1.54) is 25.7 Å². The molecule has 0 amide bonds. The first kappa shape index (κ1) is 14.3. The van der Waals surface area contributed by atoms with Crippen molar-refractivity contribution in [2.24, 2.45) is 34.5 Å². The molecular weight excluding hydrogens is 256 g/mol. The van der Waals surface area contributed by atoms with Gasteiger partial charge < -0.3 is 4.74 Å². The molecule has 0 aromatic carbocycles. The highest BCUT2D eigenvalue weighted by atomic mass is 16.6. The summed E-state index contributed by atoms with van der Waals surface area (Å²) in [7, 11) is 0. The summed E-state index contributed by atoms with van der Waals surface area (Å²) in [6.07, 6.45) is 8.65. The highest BCUT2D eigenvalue weighted by molar-refractivity contribution is 5.21. The summed E-state index contributed by atoms with van der Waals surface area (Å²) in [6.45, 7) is 14.3. The maximum Gasteiger partial charge on any atom is 0.0953 e. The van der Waals surface area contributed by atoms with Gasteiger partial charge in [0.05, 0.1) is 11.7 Å². The Kier molecular flexibility index (Phi) is 2.70. The van der Waals surface area contributed by atoms with Crippen LogP contribution in [0.25, 0.3) is 0 Å². The van der Waals surface area contributed by atoms with Crippen LogP contribution in [0.3, 0.4) is 0 Å². The molecule has 0 N–H and O–H groups in total. The Labute approximate surface area is 130 Å². The average Bonchev–Trinajstić information content (AvgIpc) is 3.10. The Hall–Kier alpha value is -0.300. The van der Waals surface area contributed by atoms with Gasteiger partial charge in [-0.25, -0.2) is 0 Å². The molecule has 7 rings (SSSR count). The molecule has 21 heavy (non-hydrogen) atoms. The van der Waals surface area contributed by atoms with E-state index in [-0.39, 0.29) is 0 Å². The summed E-state index contributed by atoms with van der Waals surface area (Å²) in [5.41, 5.74) is 3.17. The van der Waals surface area contributed by atoms with Crippen LogP contribution in [-0.2, 0) is 4.74 Å². The molecule has 4 bridgehead atoms. The van der Waals surface area contributed by atoms with Crippen LogP contribution in [0.15, 0.2) is 11.6 Å². The third-order valence-electron chi connectivity index (χ3n) is 8.38. The summed E-state index contributed by atoms with van der Waals surface area (Å²) < 4.78 is 5.75. The molecule has 4 saturated carbocycles. The number of fused-ring (bicyclic) bond motifs is 1. The fourth-order valence-corrected chi connectivity index (χ4v) is 6.17. The molecule has 5 fully saturated rings. The van der Waals surface area contributed by atoms with Gasteiger partial charge in [-0.1, -0.05) is 39.3 Å². The maximum absolute atomic E-state index is 5.75. The first-order valence-corrected chi connectivity index (χ1v) is 9.02. The molecule has 1 aliphatic heterocycles. The molecule has 6 unspecified atom stereocenters. The van der Waals surface area contributed by atoms with Crippen LogP contribution < -0.4 is 0 Å². The highest BCUT2D eigenvalue weighted by Crippen LogP contribution is 2.70. The van der Waals surface area contributed by atoms with Crippen molar-refractivity contribution >= 4 is 0 Å². The predicted molar refractivity (Wildman–Crippen MR) is 87.0 cm³/mol. The van der Waals surface area contributed by atoms with Crippen LogP contribution in [0, 0.1) is 34.5 Å². The summed E-state index contributed by atoms with van der Waals surface area (Å²) >= 11 is 0. The Morgan fingerprint density at radius 1 is 0.952 bits per heavy atom. The van der Waals surface area contributed by atoms with Crippen molar-refractivity contribution in [1.82, 2.24) is 0 Å². The van der Waals surface area contributed by atoms with E-state index >= 15 is 0 Å². The predicted octanol–water partition coefficient (Wildman–Crippen LogP) is 5.21. The zero-order valence-corrected chi connectivity index (χ0v) is 14.7. The number of rotatable bonds is 0. The lowest BCUT2D eigenvalue weighted by Crippen LogP contribution is -2.56. The highest BCUT2D eigenvalue weighted by Gasteiger charge is 2.72. The summed E-state index contributed by atoms with van der Waals surface area (Å²) in [5.74, 6) is 3.75. The largest absolute Gasteiger partial charge is 0.366 e. The van der Waals surface area contributed by atoms with Crippen LogP contribution in [0.2, 0.25) is 0 Å². The zero-order chi connectivity index (χ0) is 15.2. The van der Waals surface area contributed by atoms with Crippen molar-refractivity contribution in [3.63, 3.8) is 0 Å². The molecule has 1 heterocycles. The number of hydrogen-bond acceptors (Lipinski definition) is 1. The quantitative estimate of drug-likeness (QED) is 0.440. The third kappa shape index (κ3) is 1.73. The second kappa shape index (κ2) is 3.96. The Bertz CT molecular complexity index is 495. The van der Waals surface area contributed by atoms with Crippen LogP contribution in [-0.4, -0.2) is 11.7 Å². The average molecular weight is 288 g/mol. The molecule has 6 atom stereocenters. The van der Waals surface area contributed by atoms with Crippen LogP contribution in [0.4, 0.5) is 0 Å². The lowest BCUT2D eigenvalue weighted by Gasteiger charge is -2.57. The standard InChI is InChI=1S/C10H16O.C10H16/c1-9(2)6-4-7(9)10(3)8(5-6)11-10;1-7-4-5-8-6-9(7)10(8,2)3/h6-8H,4-5H2,1-3H3;4,8-9H,5-6H2,1-3H3. The molecule has 1 nitrogen and oxygen atoms in total. The SMILES string of the molecule is CC1(C)C2CC3OC3(C)C1C2.CC1=CCC2CC1C2(C)C. The Balaban J connectivity index is 0.000000110. The van der Waals surface area contributed by atoms with Gasteiger partial charge in [-0.05, 0) is 74.0 Å². The van der Waals surface area contributed by atoms with Gasteiger partial charge in [-0.2, -0.15) is 0 Å². The summed E-state index contributed by atoms with van der Waals surface area (Å²) in [4.78, 5) is 0. The van der Waals surface area contributed by atoms with Crippen molar-refractivity contribution in [3.05, 3.63) is 11.6 Å². The lowest BCUT2D eigenvalue weighted by molar-refractivity contribution is -0.0789. The van der Waals surface area contributed by atoms with E-state index in [9.17, 15) is 0 Å². The molecule has 1 heteroatoms. The van der Waals surface area contributed by atoms with E-state index in [0.717, 1.165) is 23.7 Å². The molecule has 0 radical (unpaired) electrons.